The molecule has 3 N–H and O–H groups in total. The van der Waals surface area contributed by atoms with Crippen LogP contribution in [0.4, 0.5) is 0 Å². The number of nitrogens with zero attached hydrogens (tertiary/aromatic N) is 1. The number of halogens is 1. The number of carbonyl (C=O) groups is 4. The van der Waals surface area contributed by atoms with Gasteiger partial charge in [-0.2, -0.15) is 0 Å². The minimum Gasteiger partial charge on any atom is -0.480 e. The van der Waals surface area contributed by atoms with E-state index in [9.17, 15) is 24.3 Å². The monoisotopic (exact) mass is 575 g/mol. The van der Waals surface area contributed by atoms with E-state index in [1.807, 2.05) is 44.2 Å². The number of aliphatic carboxylic acids is 1. The van der Waals surface area contributed by atoms with Crippen molar-refractivity contribution in [3.05, 3.63) is 106 Å². The average molecular weight is 576 g/mol. The topological polar surface area (TPSA) is 116 Å². The number of aryl methyl sites for hydroxylation is 1. The molecule has 3 atom stereocenters. The van der Waals surface area contributed by atoms with Crippen molar-refractivity contribution in [1.82, 2.24) is 15.5 Å². The zero-order chi connectivity index (χ0) is 29.9. The smallest absolute Gasteiger partial charge is 0.326 e. The Morgan fingerprint density at radius 3 is 2.20 bits per heavy atom. The lowest BCUT2D eigenvalue weighted by Gasteiger charge is -2.40. The van der Waals surface area contributed by atoms with Gasteiger partial charge < -0.3 is 15.7 Å². The highest BCUT2D eigenvalue weighted by Crippen LogP contribution is 2.41. The van der Waals surface area contributed by atoms with Gasteiger partial charge in [-0.3, -0.25) is 19.3 Å². The molecule has 214 valence electrons. The van der Waals surface area contributed by atoms with Crippen LogP contribution in [0.3, 0.4) is 0 Å². The normalized spacial score (nSPS) is 19.1. The molecule has 1 fully saturated rings. The lowest BCUT2D eigenvalue weighted by molar-refractivity contribution is -0.139. The summed E-state index contributed by atoms with van der Waals surface area (Å²) in [6.45, 7) is 7.21. The highest BCUT2D eigenvalue weighted by atomic mass is 35.5. The third kappa shape index (κ3) is 5.98. The van der Waals surface area contributed by atoms with Crippen molar-refractivity contribution in [2.24, 2.45) is 5.92 Å². The molecule has 1 saturated heterocycles. The minimum atomic E-state index is -1.23. The molecular weight excluding hydrogens is 542 g/mol. The first-order valence-corrected chi connectivity index (χ1v) is 13.9. The van der Waals surface area contributed by atoms with Crippen molar-refractivity contribution < 1.29 is 24.3 Å². The third-order valence-corrected chi connectivity index (χ3v) is 7.68. The van der Waals surface area contributed by atoms with E-state index in [2.05, 4.69) is 10.6 Å². The molecule has 3 amide bonds. The molecule has 0 spiro atoms. The summed E-state index contributed by atoms with van der Waals surface area (Å²) in [5.41, 5.74) is 1.68. The number of amides is 3. The molecule has 0 saturated carbocycles. The number of benzene rings is 3. The molecule has 8 nitrogen and oxygen atoms in total. The van der Waals surface area contributed by atoms with Crippen LogP contribution in [0.15, 0.2) is 72.8 Å². The predicted octanol–water partition coefficient (Wildman–Crippen LogP) is 4.67. The van der Waals surface area contributed by atoms with E-state index in [4.69, 9.17) is 11.6 Å². The second kappa shape index (κ2) is 12.1. The summed E-state index contributed by atoms with van der Waals surface area (Å²) in [6.07, 6.45) is 0.519. The molecule has 9 heteroatoms. The quantitative estimate of drug-likeness (QED) is 0.343. The number of nitrogens with one attached hydrogen (secondary N) is 2. The fourth-order valence-corrected chi connectivity index (χ4v) is 5.83. The lowest BCUT2D eigenvalue weighted by atomic mass is 9.88. The molecule has 1 heterocycles. The van der Waals surface area contributed by atoms with Crippen molar-refractivity contribution >= 4 is 35.3 Å². The summed E-state index contributed by atoms with van der Waals surface area (Å²) in [5, 5.41) is 15.8. The Labute approximate surface area is 244 Å². The van der Waals surface area contributed by atoms with Crippen LogP contribution >= 0.6 is 11.6 Å². The van der Waals surface area contributed by atoms with Crippen LogP contribution < -0.4 is 10.6 Å². The van der Waals surface area contributed by atoms with Crippen LogP contribution in [0.1, 0.15) is 59.8 Å². The van der Waals surface area contributed by atoms with Crippen molar-refractivity contribution in [1.29, 1.82) is 0 Å². The predicted molar refractivity (Wildman–Crippen MR) is 156 cm³/mol. The van der Waals surface area contributed by atoms with Gasteiger partial charge in [0.25, 0.3) is 5.91 Å². The van der Waals surface area contributed by atoms with Crippen LogP contribution in [0.2, 0.25) is 5.02 Å². The summed E-state index contributed by atoms with van der Waals surface area (Å²) in [4.78, 5) is 53.1. The number of carbonyl (C=O) groups excluding carboxylic acids is 3. The Morgan fingerprint density at radius 1 is 1.00 bits per heavy atom. The molecular formula is C32H34ClN3O5. The minimum absolute atomic E-state index is 0.0158. The van der Waals surface area contributed by atoms with Gasteiger partial charge in [0.2, 0.25) is 11.8 Å². The number of hydrogen-bond donors (Lipinski definition) is 3. The van der Waals surface area contributed by atoms with Crippen LogP contribution in [0.25, 0.3) is 0 Å². The molecule has 0 aliphatic carbocycles. The summed E-state index contributed by atoms with van der Waals surface area (Å²) in [7, 11) is 0. The Morgan fingerprint density at radius 2 is 1.63 bits per heavy atom. The summed E-state index contributed by atoms with van der Waals surface area (Å²) in [5.74, 6) is -2.05. The van der Waals surface area contributed by atoms with E-state index in [-0.39, 0.29) is 34.7 Å². The number of hydrogen-bond acceptors (Lipinski definition) is 4. The molecule has 0 bridgehead atoms. The molecule has 0 radical (unpaired) electrons. The lowest BCUT2D eigenvalue weighted by Crippen LogP contribution is -2.53. The van der Waals surface area contributed by atoms with E-state index in [1.165, 1.54) is 6.92 Å². The van der Waals surface area contributed by atoms with Crippen molar-refractivity contribution in [2.75, 3.05) is 0 Å². The Bertz CT molecular complexity index is 1440. The van der Waals surface area contributed by atoms with E-state index in [1.54, 1.807) is 54.3 Å². The maximum atomic E-state index is 13.3. The first kappa shape index (κ1) is 29.8. The van der Waals surface area contributed by atoms with Gasteiger partial charge in [0.15, 0.2) is 5.66 Å². The molecule has 1 aliphatic heterocycles. The Balaban J connectivity index is 1.68. The van der Waals surface area contributed by atoms with Gasteiger partial charge in [0.05, 0.1) is 10.6 Å². The van der Waals surface area contributed by atoms with Crippen molar-refractivity contribution in [2.45, 2.75) is 58.3 Å². The van der Waals surface area contributed by atoms with Gasteiger partial charge in [-0.25, -0.2) is 4.79 Å². The molecule has 3 aromatic carbocycles. The highest BCUT2D eigenvalue weighted by Gasteiger charge is 2.54. The fourth-order valence-electron chi connectivity index (χ4n) is 5.52. The molecule has 4 rings (SSSR count). The zero-order valence-electron chi connectivity index (χ0n) is 23.5. The number of rotatable bonds is 9. The van der Waals surface area contributed by atoms with Gasteiger partial charge in [0.1, 0.15) is 12.1 Å². The van der Waals surface area contributed by atoms with Crippen LogP contribution in [-0.4, -0.2) is 45.8 Å². The van der Waals surface area contributed by atoms with Gasteiger partial charge in [-0.15, -0.1) is 0 Å². The number of carboxylic acids is 1. The average Bonchev–Trinajstić information content (AvgIpc) is 3.21. The standard InChI is InChI=1S/C32H34ClN3O5/c1-19(2)17-27-29(38)35-32(36(27)21(4)37,23-10-6-5-7-11-23)24-15-13-22(14-16-24)18-26(31(40)41)34-30(39)28-20(3)9-8-12-25(28)33/h5-16,19,26-27H,17-18H2,1-4H3,(H,34,39)(H,35,38)(H,40,41)/t26-,27+,32-/m0/s1. The van der Waals surface area contributed by atoms with E-state index in [0.717, 1.165) is 5.56 Å². The van der Waals surface area contributed by atoms with Gasteiger partial charge >= 0.3 is 5.97 Å². The Hall–Kier alpha value is -4.17. The first-order chi connectivity index (χ1) is 19.5. The second-order valence-corrected chi connectivity index (χ2v) is 11.2. The Kier molecular flexibility index (Phi) is 8.83. The first-order valence-electron chi connectivity index (χ1n) is 13.5. The molecule has 1 aliphatic rings. The zero-order valence-corrected chi connectivity index (χ0v) is 24.2. The van der Waals surface area contributed by atoms with Crippen LogP contribution in [0.5, 0.6) is 0 Å². The van der Waals surface area contributed by atoms with E-state index in [0.29, 0.717) is 23.1 Å². The molecule has 0 unspecified atom stereocenters. The maximum absolute atomic E-state index is 13.3. The maximum Gasteiger partial charge on any atom is 0.326 e. The highest BCUT2D eigenvalue weighted by molar-refractivity contribution is 6.34. The second-order valence-electron chi connectivity index (χ2n) is 10.8. The van der Waals surface area contributed by atoms with Gasteiger partial charge in [-0.05, 0) is 36.5 Å². The number of carboxylic acid groups (broad SMARTS) is 1. The van der Waals surface area contributed by atoms with Crippen LogP contribution in [0, 0.1) is 12.8 Å². The molecule has 0 aromatic heterocycles. The van der Waals surface area contributed by atoms with E-state index < -0.39 is 29.6 Å². The summed E-state index contributed by atoms with van der Waals surface area (Å²) in [6, 6.07) is 19.6. The third-order valence-electron chi connectivity index (χ3n) is 7.37. The van der Waals surface area contributed by atoms with Crippen molar-refractivity contribution in [3.63, 3.8) is 0 Å². The molecule has 3 aromatic rings. The van der Waals surface area contributed by atoms with Gasteiger partial charge in [-0.1, -0.05) is 92.2 Å². The summed E-state index contributed by atoms with van der Waals surface area (Å²) >= 11 is 6.21. The van der Waals surface area contributed by atoms with Crippen molar-refractivity contribution in [3.8, 4) is 0 Å². The fraction of sp³-hybridized carbons (Fsp3) is 0.312. The van der Waals surface area contributed by atoms with Gasteiger partial charge in [0, 0.05) is 24.5 Å². The summed E-state index contributed by atoms with van der Waals surface area (Å²) < 4.78 is 0. The van der Waals surface area contributed by atoms with E-state index >= 15 is 0 Å². The largest absolute Gasteiger partial charge is 0.480 e. The van der Waals surface area contributed by atoms with Crippen LogP contribution in [-0.2, 0) is 26.5 Å². The SMILES string of the molecule is CC(=O)N1[C@H](CC(C)C)C(=O)N[C@]1(c1ccccc1)c1ccc(C[C@H](NC(=O)c2c(C)cccc2Cl)C(=O)O)cc1. The molecule has 41 heavy (non-hydrogen) atoms.